The minimum absolute atomic E-state index is 0.146. The van der Waals surface area contributed by atoms with Crippen molar-refractivity contribution in [1.29, 1.82) is 0 Å². The molecule has 0 saturated carbocycles. The van der Waals surface area contributed by atoms with Crippen LogP contribution in [0.5, 0.6) is 5.75 Å². The highest BCUT2D eigenvalue weighted by atomic mass is 32.1. The van der Waals surface area contributed by atoms with Crippen molar-refractivity contribution in [2.45, 2.75) is 6.10 Å². The van der Waals surface area contributed by atoms with Crippen molar-refractivity contribution in [2.75, 3.05) is 26.1 Å². The number of anilines is 1. The van der Waals surface area contributed by atoms with Crippen LogP contribution in [0.25, 0.3) is 0 Å². The van der Waals surface area contributed by atoms with Crippen molar-refractivity contribution in [3.63, 3.8) is 0 Å². The van der Waals surface area contributed by atoms with Crippen LogP contribution in [0, 0.1) is 0 Å². The summed E-state index contributed by atoms with van der Waals surface area (Å²) in [4.78, 5) is 11.9. The maximum absolute atomic E-state index is 11.9. The van der Waals surface area contributed by atoms with Gasteiger partial charge in [-0.15, -0.1) is 0 Å². The van der Waals surface area contributed by atoms with E-state index in [2.05, 4.69) is 10.6 Å². The number of amides is 2. The number of benzene rings is 1. The maximum atomic E-state index is 11.9. The number of ether oxygens (including phenoxy) is 2. The summed E-state index contributed by atoms with van der Waals surface area (Å²) in [7, 11) is 3.22. The van der Waals surface area contributed by atoms with Gasteiger partial charge in [0, 0.05) is 25.4 Å². The zero-order valence-corrected chi connectivity index (χ0v) is 12.8. The number of rotatable bonds is 6. The Kier molecular flexibility index (Phi) is 5.59. The largest absolute Gasteiger partial charge is 0.497 e. The molecule has 5 nitrogen and oxygen atoms in total. The molecule has 0 aliphatic carbocycles. The van der Waals surface area contributed by atoms with E-state index in [1.54, 1.807) is 37.7 Å². The summed E-state index contributed by atoms with van der Waals surface area (Å²) >= 11 is 1.60. The highest BCUT2D eigenvalue weighted by Crippen LogP contribution is 2.19. The topological polar surface area (TPSA) is 59.6 Å². The van der Waals surface area contributed by atoms with Crippen molar-refractivity contribution in [1.82, 2.24) is 5.32 Å². The molecule has 1 unspecified atom stereocenters. The summed E-state index contributed by atoms with van der Waals surface area (Å²) in [5.41, 5.74) is 1.74. The molecule has 0 aliphatic heterocycles. The van der Waals surface area contributed by atoms with Crippen molar-refractivity contribution in [3.8, 4) is 5.75 Å². The molecule has 2 aromatic rings. The molecule has 0 fully saturated rings. The number of urea groups is 1. The lowest BCUT2D eigenvalue weighted by atomic mass is 10.2. The molecule has 1 heterocycles. The average Bonchev–Trinajstić information content (AvgIpc) is 3.02. The first-order chi connectivity index (χ1) is 10.2. The molecule has 0 radical (unpaired) electrons. The van der Waals surface area contributed by atoms with Gasteiger partial charge in [0.25, 0.3) is 0 Å². The molecule has 1 atom stereocenters. The van der Waals surface area contributed by atoms with Crippen LogP contribution in [-0.4, -0.2) is 26.8 Å². The van der Waals surface area contributed by atoms with E-state index in [-0.39, 0.29) is 12.1 Å². The molecule has 0 saturated heterocycles. The lowest BCUT2D eigenvalue weighted by Crippen LogP contribution is -2.32. The second-order valence-corrected chi connectivity index (χ2v) is 5.13. The fourth-order valence-corrected chi connectivity index (χ4v) is 2.56. The van der Waals surface area contributed by atoms with Gasteiger partial charge in [-0.25, -0.2) is 4.79 Å². The molecule has 2 N–H and O–H groups in total. The second kappa shape index (κ2) is 7.66. The van der Waals surface area contributed by atoms with Crippen LogP contribution in [0.1, 0.15) is 11.7 Å². The molecule has 21 heavy (non-hydrogen) atoms. The van der Waals surface area contributed by atoms with E-state index in [1.807, 2.05) is 29.0 Å². The summed E-state index contributed by atoms with van der Waals surface area (Å²) in [6.45, 7) is 0.406. The normalized spacial score (nSPS) is 11.7. The molecule has 0 spiro atoms. The monoisotopic (exact) mass is 306 g/mol. The summed E-state index contributed by atoms with van der Waals surface area (Å²) in [6.07, 6.45) is -0.146. The van der Waals surface area contributed by atoms with Gasteiger partial charge >= 0.3 is 6.03 Å². The average molecular weight is 306 g/mol. The Bertz CT molecular complexity index is 572. The SMILES string of the molecule is COc1cccc(NC(=O)NCC(OC)c2ccsc2)c1. The van der Waals surface area contributed by atoms with E-state index in [1.165, 1.54) is 0 Å². The van der Waals surface area contributed by atoms with Gasteiger partial charge in [-0.3, -0.25) is 0 Å². The molecule has 6 heteroatoms. The lowest BCUT2D eigenvalue weighted by Gasteiger charge is -2.15. The Morgan fingerprint density at radius 1 is 1.33 bits per heavy atom. The first kappa shape index (κ1) is 15.3. The van der Waals surface area contributed by atoms with Gasteiger partial charge in [0.05, 0.1) is 7.11 Å². The van der Waals surface area contributed by atoms with Crippen LogP contribution < -0.4 is 15.4 Å². The Morgan fingerprint density at radius 3 is 2.86 bits per heavy atom. The van der Waals surface area contributed by atoms with Gasteiger partial charge < -0.3 is 20.1 Å². The van der Waals surface area contributed by atoms with Gasteiger partial charge in [0.1, 0.15) is 11.9 Å². The molecule has 1 aromatic carbocycles. The van der Waals surface area contributed by atoms with Crippen LogP contribution in [-0.2, 0) is 4.74 Å². The first-order valence-electron chi connectivity index (χ1n) is 6.46. The van der Waals surface area contributed by atoms with E-state index in [0.717, 1.165) is 5.56 Å². The van der Waals surface area contributed by atoms with Crippen molar-refractivity contribution < 1.29 is 14.3 Å². The van der Waals surface area contributed by atoms with E-state index >= 15 is 0 Å². The Labute approximate surface area is 127 Å². The third-order valence-electron chi connectivity index (χ3n) is 2.98. The van der Waals surface area contributed by atoms with Crippen LogP contribution in [0.3, 0.4) is 0 Å². The molecule has 1 aromatic heterocycles. The fourth-order valence-electron chi connectivity index (χ4n) is 1.86. The molecular weight excluding hydrogens is 288 g/mol. The van der Waals surface area contributed by atoms with Crippen molar-refractivity contribution in [2.24, 2.45) is 0 Å². The van der Waals surface area contributed by atoms with E-state index in [4.69, 9.17) is 9.47 Å². The minimum atomic E-state index is -0.277. The molecule has 0 bridgehead atoms. The highest BCUT2D eigenvalue weighted by molar-refractivity contribution is 7.07. The fraction of sp³-hybridized carbons (Fsp3) is 0.267. The van der Waals surface area contributed by atoms with E-state index in [0.29, 0.717) is 18.0 Å². The highest BCUT2D eigenvalue weighted by Gasteiger charge is 2.12. The standard InChI is InChI=1S/C15H18N2O3S/c1-19-13-5-3-4-12(8-13)17-15(18)16-9-14(20-2)11-6-7-21-10-11/h3-8,10,14H,9H2,1-2H3,(H2,16,17,18). The number of carbonyl (C=O) groups excluding carboxylic acids is 1. The van der Waals surface area contributed by atoms with Gasteiger partial charge in [-0.2, -0.15) is 11.3 Å². The van der Waals surface area contributed by atoms with Gasteiger partial charge in [0.2, 0.25) is 0 Å². The van der Waals surface area contributed by atoms with E-state index < -0.39 is 0 Å². The molecule has 2 amide bonds. The maximum Gasteiger partial charge on any atom is 0.319 e. The van der Waals surface area contributed by atoms with Crippen molar-refractivity contribution in [3.05, 3.63) is 46.7 Å². The predicted molar refractivity (Wildman–Crippen MR) is 84.1 cm³/mol. The van der Waals surface area contributed by atoms with E-state index in [9.17, 15) is 4.79 Å². The van der Waals surface area contributed by atoms with Crippen LogP contribution in [0.15, 0.2) is 41.1 Å². The number of hydrogen-bond donors (Lipinski definition) is 2. The van der Waals surface area contributed by atoms with Gasteiger partial charge in [-0.1, -0.05) is 6.07 Å². The smallest absolute Gasteiger partial charge is 0.319 e. The zero-order valence-electron chi connectivity index (χ0n) is 12.0. The summed E-state index contributed by atoms with van der Waals surface area (Å²) in [5, 5.41) is 9.55. The molecule has 2 rings (SSSR count). The number of methoxy groups -OCH3 is 2. The van der Waals surface area contributed by atoms with Crippen LogP contribution >= 0.6 is 11.3 Å². The second-order valence-electron chi connectivity index (χ2n) is 4.35. The number of nitrogens with one attached hydrogen (secondary N) is 2. The third-order valence-corrected chi connectivity index (χ3v) is 3.68. The number of carbonyl (C=O) groups is 1. The summed E-state index contributed by atoms with van der Waals surface area (Å²) in [5.74, 6) is 0.695. The number of hydrogen-bond acceptors (Lipinski definition) is 4. The lowest BCUT2D eigenvalue weighted by molar-refractivity contribution is 0.105. The van der Waals surface area contributed by atoms with Crippen molar-refractivity contribution >= 4 is 23.1 Å². The molecule has 112 valence electrons. The quantitative estimate of drug-likeness (QED) is 0.861. The van der Waals surface area contributed by atoms with Gasteiger partial charge in [0.15, 0.2) is 0 Å². The number of thiophene rings is 1. The Balaban J connectivity index is 1.86. The van der Waals surface area contributed by atoms with Crippen LogP contribution in [0.2, 0.25) is 0 Å². The predicted octanol–water partition coefficient (Wildman–Crippen LogP) is 3.27. The third kappa shape index (κ3) is 4.47. The summed E-state index contributed by atoms with van der Waals surface area (Å²) in [6, 6.07) is 8.90. The minimum Gasteiger partial charge on any atom is -0.497 e. The molecule has 0 aliphatic rings. The summed E-state index contributed by atoms with van der Waals surface area (Å²) < 4.78 is 10.5. The van der Waals surface area contributed by atoms with Crippen LogP contribution in [0.4, 0.5) is 10.5 Å². The Hall–Kier alpha value is -2.05. The first-order valence-corrected chi connectivity index (χ1v) is 7.41. The Morgan fingerprint density at radius 2 is 2.19 bits per heavy atom. The molecular formula is C15H18N2O3S. The van der Waals surface area contributed by atoms with Gasteiger partial charge in [-0.05, 0) is 34.5 Å². The zero-order chi connectivity index (χ0) is 15.1.